The Balaban J connectivity index is 2.50. The van der Waals surface area contributed by atoms with Gasteiger partial charge in [-0.1, -0.05) is 47.0 Å². The molecule has 0 aliphatic heterocycles. The third-order valence-electron chi connectivity index (χ3n) is 4.54. The maximum atomic E-state index is 10.5. The Morgan fingerprint density at radius 3 is 2.40 bits per heavy atom. The van der Waals surface area contributed by atoms with Gasteiger partial charge in [0, 0.05) is 25.7 Å². The second-order valence-electron chi connectivity index (χ2n) is 7.70. The summed E-state index contributed by atoms with van der Waals surface area (Å²) in [4.78, 5) is 2.35. The highest BCUT2D eigenvalue weighted by Gasteiger charge is 2.34. The van der Waals surface area contributed by atoms with Gasteiger partial charge in [0.2, 0.25) is 0 Å². The molecule has 2 N–H and O–H groups in total. The average Bonchev–Trinajstić information content (AvgIpc) is 2.73. The third-order valence-corrected chi connectivity index (χ3v) is 4.54. The van der Waals surface area contributed by atoms with Crippen LogP contribution in [-0.4, -0.2) is 48.3 Å². The normalized spacial score (nSPS) is 21.6. The van der Waals surface area contributed by atoms with Crippen LogP contribution in [0.3, 0.4) is 0 Å². The first-order valence-corrected chi connectivity index (χ1v) is 8.43. The Hall–Kier alpha value is -0.120. The predicted molar refractivity (Wildman–Crippen MR) is 87.1 cm³/mol. The summed E-state index contributed by atoms with van der Waals surface area (Å²) in [6, 6.07) is 0.538. The molecule has 0 radical (unpaired) electrons. The topological polar surface area (TPSA) is 35.5 Å². The van der Waals surface area contributed by atoms with Gasteiger partial charge in [0.05, 0.1) is 5.60 Å². The van der Waals surface area contributed by atoms with E-state index in [2.05, 4.69) is 45.0 Å². The number of aliphatic hydroxyl groups is 1. The molecule has 1 saturated carbocycles. The second-order valence-corrected chi connectivity index (χ2v) is 7.70. The van der Waals surface area contributed by atoms with Gasteiger partial charge in [0.15, 0.2) is 0 Å². The van der Waals surface area contributed by atoms with Gasteiger partial charge in [-0.25, -0.2) is 0 Å². The SMILES string of the molecule is CCCC(C)(CNC(C)C)CN(C)CC1(O)CCCC1. The van der Waals surface area contributed by atoms with E-state index < -0.39 is 5.60 Å². The van der Waals surface area contributed by atoms with Gasteiger partial charge in [0.1, 0.15) is 0 Å². The van der Waals surface area contributed by atoms with Crippen LogP contribution in [0.5, 0.6) is 0 Å². The summed E-state index contributed by atoms with van der Waals surface area (Å²) in [7, 11) is 2.17. The van der Waals surface area contributed by atoms with Gasteiger partial charge in [-0.2, -0.15) is 0 Å². The molecule has 3 nitrogen and oxygen atoms in total. The van der Waals surface area contributed by atoms with Crippen molar-refractivity contribution < 1.29 is 5.11 Å². The Morgan fingerprint density at radius 1 is 1.30 bits per heavy atom. The largest absolute Gasteiger partial charge is 0.389 e. The predicted octanol–water partition coefficient (Wildman–Crippen LogP) is 3.03. The average molecular weight is 284 g/mol. The lowest BCUT2D eigenvalue weighted by Gasteiger charge is -2.37. The van der Waals surface area contributed by atoms with Gasteiger partial charge in [-0.3, -0.25) is 0 Å². The summed E-state index contributed by atoms with van der Waals surface area (Å²) >= 11 is 0. The minimum absolute atomic E-state index is 0.294. The highest BCUT2D eigenvalue weighted by Crippen LogP contribution is 2.31. The molecule has 0 amide bonds. The molecule has 0 heterocycles. The van der Waals surface area contributed by atoms with Gasteiger partial charge >= 0.3 is 0 Å². The molecule has 0 aromatic carbocycles. The fourth-order valence-electron chi connectivity index (χ4n) is 3.68. The quantitative estimate of drug-likeness (QED) is 0.683. The van der Waals surface area contributed by atoms with E-state index in [0.29, 0.717) is 11.5 Å². The summed E-state index contributed by atoms with van der Waals surface area (Å²) in [5.41, 5.74) is -0.129. The molecule has 3 heteroatoms. The van der Waals surface area contributed by atoms with Crippen molar-refractivity contribution in [3.8, 4) is 0 Å². The number of nitrogens with zero attached hydrogens (tertiary/aromatic N) is 1. The zero-order valence-electron chi connectivity index (χ0n) is 14.3. The molecular formula is C17H36N2O. The standard InChI is InChI=1S/C17H36N2O/c1-6-9-16(4,12-18-15(2)3)13-19(5)14-17(20)10-7-8-11-17/h15,18,20H,6-14H2,1-5H3. The maximum absolute atomic E-state index is 10.5. The van der Waals surface area contributed by atoms with Gasteiger partial charge in [-0.15, -0.1) is 0 Å². The molecule has 0 aromatic heterocycles. The molecule has 1 unspecified atom stereocenters. The minimum Gasteiger partial charge on any atom is -0.389 e. The highest BCUT2D eigenvalue weighted by molar-refractivity contribution is 4.89. The van der Waals surface area contributed by atoms with E-state index in [1.807, 2.05) is 0 Å². The van der Waals surface area contributed by atoms with Crippen LogP contribution < -0.4 is 5.32 Å². The van der Waals surface area contributed by atoms with E-state index in [1.54, 1.807) is 0 Å². The van der Waals surface area contributed by atoms with Gasteiger partial charge in [0.25, 0.3) is 0 Å². The number of hydrogen-bond acceptors (Lipinski definition) is 3. The molecule has 120 valence electrons. The van der Waals surface area contributed by atoms with E-state index in [1.165, 1.54) is 25.7 Å². The summed E-state index contributed by atoms with van der Waals surface area (Å²) < 4.78 is 0. The fourth-order valence-corrected chi connectivity index (χ4v) is 3.68. The smallest absolute Gasteiger partial charge is 0.0774 e. The first-order chi connectivity index (χ1) is 9.29. The van der Waals surface area contributed by atoms with E-state index in [0.717, 1.165) is 32.5 Å². The number of rotatable bonds is 9. The van der Waals surface area contributed by atoms with E-state index in [4.69, 9.17) is 0 Å². The summed E-state index contributed by atoms with van der Waals surface area (Å²) in [5, 5.41) is 14.1. The molecule has 0 spiro atoms. The molecule has 0 saturated heterocycles. The second kappa shape index (κ2) is 7.77. The molecule has 20 heavy (non-hydrogen) atoms. The summed E-state index contributed by atoms with van der Waals surface area (Å²) in [5.74, 6) is 0. The van der Waals surface area contributed by atoms with E-state index in [-0.39, 0.29) is 0 Å². The Bertz CT molecular complexity index is 274. The van der Waals surface area contributed by atoms with Crippen LogP contribution in [0.15, 0.2) is 0 Å². The van der Waals surface area contributed by atoms with Gasteiger partial charge < -0.3 is 15.3 Å². The van der Waals surface area contributed by atoms with Crippen LogP contribution in [0.4, 0.5) is 0 Å². The fraction of sp³-hybridized carbons (Fsp3) is 1.00. The lowest BCUT2D eigenvalue weighted by atomic mass is 9.84. The van der Waals surface area contributed by atoms with Crippen LogP contribution >= 0.6 is 0 Å². The first-order valence-electron chi connectivity index (χ1n) is 8.43. The van der Waals surface area contributed by atoms with Crippen molar-refractivity contribution in [1.82, 2.24) is 10.2 Å². The van der Waals surface area contributed by atoms with Gasteiger partial charge in [-0.05, 0) is 31.7 Å². The zero-order chi connectivity index (χ0) is 15.2. The van der Waals surface area contributed by atoms with Crippen molar-refractivity contribution in [2.75, 3.05) is 26.7 Å². The van der Waals surface area contributed by atoms with Crippen molar-refractivity contribution in [1.29, 1.82) is 0 Å². The summed E-state index contributed by atoms with van der Waals surface area (Å²) in [6.45, 7) is 12.0. The van der Waals surface area contributed by atoms with Crippen LogP contribution in [-0.2, 0) is 0 Å². The third kappa shape index (κ3) is 6.11. The molecule has 0 bridgehead atoms. The van der Waals surface area contributed by atoms with Crippen molar-refractivity contribution in [3.63, 3.8) is 0 Å². The molecular weight excluding hydrogens is 248 g/mol. The number of nitrogens with one attached hydrogen (secondary N) is 1. The van der Waals surface area contributed by atoms with Crippen molar-refractivity contribution in [2.24, 2.45) is 5.41 Å². The lowest BCUT2D eigenvalue weighted by Crippen LogP contribution is -2.47. The van der Waals surface area contributed by atoms with Crippen LogP contribution in [0.2, 0.25) is 0 Å². The molecule has 1 rings (SSSR count). The molecule has 1 atom stereocenters. The molecule has 1 fully saturated rings. The minimum atomic E-state index is -0.423. The zero-order valence-corrected chi connectivity index (χ0v) is 14.3. The summed E-state index contributed by atoms with van der Waals surface area (Å²) in [6.07, 6.45) is 6.78. The number of hydrogen-bond donors (Lipinski definition) is 2. The Labute approximate surface area is 126 Å². The van der Waals surface area contributed by atoms with Crippen molar-refractivity contribution >= 4 is 0 Å². The van der Waals surface area contributed by atoms with Crippen LogP contribution in [0.25, 0.3) is 0 Å². The Morgan fingerprint density at radius 2 is 1.90 bits per heavy atom. The highest BCUT2D eigenvalue weighted by atomic mass is 16.3. The first kappa shape index (κ1) is 17.9. The number of likely N-dealkylation sites (N-methyl/N-ethyl adjacent to an activating group) is 1. The molecule has 1 aliphatic carbocycles. The van der Waals surface area contributed by atoms with E-state index in [9.17, 15) is 5.11 Å². The van der Waals surface area contributed by atoms with Crippen LogP contribution in [0, 0.1) is 5.41 Å². The van der Waals surface area contributed by atoms with Crippen molar-refractivity contribution in [2.45, 2.75) is 77.9 Å². The molecule has 0 aromatic rings. The monoisotopic (exact) mass is 284 g/mol. The lowest BCUT2D eigenvalue weighted by molar-refractivity contribution is 0.00578. The van der Waals surface area contributed by atoms with Crippen LogP contribution in [0.1, 0.15) is 66.2 Å². The van der Waals surface area contributed by atoms with Crippen molar-refractivity contribution in [3.05, 3.63) is 0 Å². The maximum Gasteiger partial charge on any atom is 0.0774 e. The molecule has 1 aliphatic rings. The Kier molecular flexibility index (Phi) is 6.96. The van der Waals surface area contributed by atoms with E-state index >= 15 is 0 Å².